The van der Waals surface area contributed by atoms with E-state index >= 15 is 0 Å². The van der Waals surface area contributed by atoms with E-state index in [9.17, 15) is 0 Å². The monoisotopic (exact) mass is 266 g/mol. The van der Waals surface area contributed by atoms with Gasteiger partial charge in [0.25, 0.3) is 0 Å². The highest BCUT2D eigenvalue weighted by Gasteiger charge is 2.19. The maximum Gasteiger partial charge on any atom is 0.161 e. The maximum atomic E-state index is 5.59. The van der Waals surface area contributed by atoms with Crippen LogP contribution >= 0.6 is 12.2 Å². The highest BCUT2D eigenvalue weighted by molar-refractivity contribution is 7.80. The van der Waals surface area contributed by atoms with Crippen LogP contribution in [-0.2, 0) is 13.0 Å². The quantitative estimate of drug-likeness (QED) is 0.834. The van der Waals surface area contributed by atoms with Crippen LogP contribution in [-0.4, -0.2) is 37.2 Å². The van der Waals surface area contributed by atoms with E-state index in [4.69, 9.17) is 27.4 Å². The minimum atomic E-state index is 0.541. The van der Waals surface area contributed by atoms with Gasteiger partial charge >= 0.3 is 0 Å². The summed E-state index contributed by atoms with van der Waals surface area (Å²) in [4.78, 5) is 2.79. The number of nitrogens with zero attached hydrogens (tertiary/aromatic N) is 1. The molecule has 0 saturated carbocycles. The van der Waals surface area contributed by atoms with Gasteiger partial charge in [-0.25, -0.2) is 0 Å². The van der Waals surface area contributed by atoms with Gasteiger partial charge in [0.05, 0.1) is 19.2 Å². The molecule has 0 bridgehead atoms. The molecule has 1 heterocycles. The Morgan fingerprint density at radius 2 is 1.89 bits per heavy atom. The molecule has 0 unspecified atom stereocenters. The molecule has 0 aromatic heterocycles. The average molecular weight is 266 g/mol. The van der Waals surface area contributed by atoms with Crippen LogP contribution in [0.1, 0.15) is 11.1 Å². The zero-order valence-electron chi connectivity index (χ0n) is 10.7. The summed E-state index contributed by atoms with van der Waals surface area (Å²) < 4.78 is 10.6. The fourth-order valence-corrected chi connectivity index (χ4v) is 2.48. The molecule has 0 spiro atoms. The van der Waals surface area contributed by atoms with Gasteiger partial charge in [-0.2, -0.15) is 0 Å². The first-order valence-corrected chi connectivity index (χ1v) is 6.29. The molecule has 5 heteroatoms. The molecule has 2 rings (SSSR count). The third kappa shape index (κ3) is 2.73. The molecule has 2 N–H and O–H groups in total. The van der Waals surface area contributed by atoms with Crippen LogP contribution in [0.3, 0.4) is 0 Å². The number of fused-ring (bicyclic) bond motifs is 1. The average Bonchev–Trinajstić information content (AvgIpc) is 2.36. The lowest BCUT2D eigenvalue weighted by Crippen LogP contribution is -2.36. The van der Waals surface area contributed by atoms with Crippen LogP contribution in [0.4, 0.5) is 0 Å². The predicted molar refractivity (Wildman–Crippen MR) is 75.3 cm³/mol. The Hall–Kier alpha value is -1.33. The van der Waals surface area contributed by atoms with E-state index in [1.807, 2.05) is 6.07 Å². The molecule has 0 amide bonds. The number of nitrogens with two attached hydrogens (primary N) is 1. The fraction of sp³-hybridized carbons (Fsp3) is 0.462. The Labute approximate surface area is 113 Å². The minimum absolute atomic E-state index is 0.541. The molecule has 1 aliphatic rings. The van der Waals surface area contributed by atoms with Crippen molar-refractivity contribution in [1.82, 2.24) is 4.90 Å². The molecule has 0 aliphatic carbocycles. The number of rotatable bonds is 4. The van der Waals surface area contributed by atoms with Gasteiger partial charge in [-0.15, -0.1) is 0 Å². The second-order valence-corrected chi connectivity index (χ2v) is 4.93. The van der Waals surface area contributed by atoms with Crippen molar-refractivity contribution in [2.45, 2.75) is 13.0 Å². The minimum Gasteiger partial charge on any atom is -0.493 e. The highest BCUT2D eigenvalue weighted by Crippen LogP contribution is 2.33. The van der Waals surface area contributed by atoms with Crippen LogP contribution in [0.25, 0.3) is 0 Å². The van der Waals surface area contributed by atoms with Crippen molar-refractivity contribution in [1.29, 1.82) is 0 Å². The Morgan fingerprint density at radius 1 is 1.28 bits per heavy atom. The largest absolute Gasteiger partial charge is 0.493 e. The molecule has 0 saturated heterocycles. The summed E-state index contributed by atoms with van der Waals surface area (Å²) in [6.07, 6.45) is 0.984. The summed E-state index contributed by atoms with van der Waals surface area (Å²) in [6.45, 7) is 2.50. The number of hydrogen-bond acceptors (Lipinski definition) is 4. The van der Waals surface area contributed by atoms with Gasteiger partial charge in [-0.1, -0.05) is 12.2 Å². The second-order valence-electron chi connectivity index (χ2n) is 4.40. The Balaban J connectivity index is 2.24. The Bertz CT molecular complexity index is 463. The number of methoxy groups -OCH3 is 2. The normalized spacial score (nSPS) is 15.0. The molecule has 1 aromatic rings. The van der Waals surface area contributed by atoms with Gasteiger partial charge < -0.3 is 15.2 Å². The van der Waals surface area contributed by atoms with Gasteiger partial charge in [-0.3, -0.25) is 4.90 Å². The lowest BCUT2D eigenvalue weighted by atomic mass is 9.99. The highest BCUT2D eigenvalue weighted by atomic mass is 32.1. The van der Waals surface area contributed by atoms with Crippen LogP contribution in [0.2, 0.25) is 0 Å². The molecule has 1 aliphatic heterocycles. The topological polar surface area (TPSA) is 47.7 Å². The summed E-state index contributed by atoms with van der Waals surface area (Å²) >= 11 is 4.95. The van der Waals surface area contributed by atoms with Crippen LogP contribution in [0.15, 0.2) is 12.1 Å². The lowest BCUT2D eigenvalue weighted by Gasteiger charge is -2.29. The lowest BCUT2D eigenvalue weighted by molar-refractivity contribution is 0.287. The zero-order valence-corrected chi connectivity index (χ0v) is 11.5. The van der Waals surface area contributed by atoms with Gasteiger partial charge in [0.2, 0.25) is 0 Å². The predicted octanol–water partition coefficient (Wildman–Crippen LogP) is 1.35. The third-order valence-electron chi connectivity index (χ3n) is 3.18. The van der Waals surface area contributed by atoms with Gasteiger partial charge in [0.15, 0.2) is 11.5 Å². The molecular formula is C13H18N2O2S. The molecule has 98 valence electrons. The standard InChI is InChI=1S/C13H18N2O2S/c1-16-11-5-9-3-4-15(8-13(14)18)7-10(9)6-12(11)17-2/h5-6H,3-4,7-8H2,1-2H3,(H2,14,18). The summed E-state index contributed by atoms with van der Waals surface area (Å²) in [7, 11) is 3.31. The van der Waals surface area contributed by atoms with Crippen molar-refractivity contribution < 1.29 is 9.47 Å². The van der Waals surface area contributed by atoms with Crippen molar-refractivity contribution in [3.63, 3.8) is 0 Å². The van der Waals surface area contributed by atoms with E-state index in [1.165, 1.54) is 11.1 Å². The first kappa shape index (κ1) is 13.1. The third-order valence-corrected chi connectivity index (χ3v) is 3.31. The number of thiocarbonyl (C=S) groups is 1. The first-order chi connectivity index (χ1) is 8.63. The molecule has 18 heavy (non-hydrogen) atoms. The van der Waals surface area contributed by atoms with Gasteiger partial charge in [0.1, 0.15) is 0 Å². The van der Waals surface area contributed by atoms with Crippen molar-refractivity contribution in [2.75, 3.05) is 27.3 Å². The summed E-state index contributed by atoms with van der Waals surface area (Å²) in [5, 5.41) is 0. The van der Waals surface area contributed by atoms with Crippen LogP contribution in [0, 0.1) is 0 Å². The fourth-order valence-electron chi connectivity index (χ4n) is 2.30. The summed E-state index contributed by atoms with van der Waals surface area (Å²) in [5.41, 5.74) is 8.16. The molecule has 0 fully saturated rings. The Kier molecular flexibility index (Phi) is 4.04. The summed E-state index contributed by atoms with van der Waals surface area (Å²) in [6, 6.07) is 4.10. The SMILES string of the molecule is COc1cc2c(cc1OC)CN(CC(N)=S)CC2. The maximum absolute atomic E-state index is 5.59. The van der Waals surface area contributed by atoms with E-state index in [2.05, 4.69) is 11.0 Å². The van der Waals surface area contributed by atoms with Crippen molar-refractivity contribution in [2.24, 2.45) is 5.73 Å². The van der Waals surface area contributed by atoms with Gasteiger partial charge in [0, 0.05) is 19.6 Å². The number of hydrogen-bond donors (Lipinski definition) is 1. The molecule has 1 aromatic carbocycles. The first-order valence-electron chi connectivity index (χ1n) is 5.88. The zero-order chi connectivity index (χ0) is 13.1. The number of benzene rings is 1. The van der Waals surface area contributed by atoms with Crippen molar-refractivity contribution >= 4 is 17.2 Å². The molecular weight excluding hydrogens is 248 g/mol. The van der Waals surface area contributed by atoms with Crippen LogP contribution in [0.5, 0.6) is 11.5 Å². The molecule has 0 atom stereocenters. The summed E-state index contributed by atoms with van der Waals surface area (Å²) in [5.74, 6) is 1.56. The van der Waals surface area contributed by atoms with E-state index in [1.54, 1.807) is 14.2 Å². The van der Waals surface area contributed by atoms with E-state index in [-0.39, 0.29) is 0 Å². The second kappa shape index (κ2) is 5.54. The molecule has 0 radical (unpaired) electrons. The smallest absolute Gasteiger partial charge is 0.161 e. The Morgan fingerprint density at radius 3 is 2.44 bits per heavy atom. The molecule has 4 nitrogen and oxygen atoms in total. The van der Waals surface area contributed by atoms with E-state index in [0.717, 1.165) is 31.0 Å². The van der Waals surface area contributed by atoms with Gasteiger partial charge in [-0.05, 0) is 29.7 Å². The van der Waals surface area contributed by atoms with E-state index < -0.39 is 0 Å². The van der Waals surface area contributed by atoms with Crippen LogP contribution < -0.4 is 15.2 Å². The number of ether oxygens (including phenoxy) is 2. The van der Waals surface area contributed by atoms with Crippen molar-refractivity contribution in [3.05, 3.63) is 23.3 Å². The van der Waals surface area contributed by atoms with E-state index in [0.29, 0.717) is 11.5 Å². The van der Waals surface area contributed by atoms with Crippen molar-refractivity contribution in [3.8, 4) is 11.5 Å².